The lowest BCUT2D eigenvalue weighted by Crippen LogP contribution is -2.38. The van der Waals surface area contributed by atoms with Gasteiger partial charge in [0.05, 0.1) is 26.7 Å². The molecular weight excluding hydrogens is 382 g/mol. The van der Waals surface area contributed by atoms with Crippen molar-refractivity contribution in [1.29, 1.82) is 0 Å². The molecule has 1 heterocycles. The number of aryl methyl sites for hydroxylation is 2. The molecule has 27 heavy (non-hydrogen) atoms. The van der Waals surface area contributed by atoms with Crippen molar-refractivity contribution in [3.8, 4) is 0 Å². The molecule has 142 valence electrons. The molecule has 0 atom stereocenters. The number of rotatable bonds is 6. The lowest BCUT2D eigenvalue weighted by molar-refractivity contribution is -0.121. The van der Waals surface area contributed by atoms with Gasteiger partial charge in [-0.25, -0.2) is 13.4 Å². The van der Waals surface area contributed by atoms with Crippen LogP contribution < -0.4 is 5.32 Å². The van der Waals surface area contributed by atoms with Gasteiger partial charge in [0.25, 0.3) is 0 Å². The summed E-state index contributed by atoms with van der Waals surface area (Å²) in [5.74, 6) is -0.351. The van der Waals surface area contributed by atoms with Crippen LogP contribution in [-0.2, 0) is 21.4 Å². The lowest BCUT2D eigenvalue weighted by atomic mass is 10.1. The number of likely N-dealkylation sites (N-methyl/N-ethyl adjacent to an activating group) is 1. The maximum atomic E-state index is 12.8. The molecule has 0 aliphatic rings. The fourth-order valence-corrected chi connectivity index (χ4v) is 4.71. The topological polar surface area (TPSA) is 79.4 Å². The van der Waals surface area contributed by atoms with E-state index >= 15 is 0 Å². The zero-order valence-corrected chi connectivity index (χ0v) is 17.0. The Kier molecular flexibility index (Phi) is 5.59. The number of carbonyl (C=O) groups is 1. The van der Waals surface area contributed by atoms with Gasteiger partial charge in [0, 0.05) is 13.6 Å². The molecule has 8 heteroatoms. The molecule has 0 bridgehead atoms. The Morgan fingerprint density at radius 1 is 1.15 bits per heavy atom. The summed E-state index contributed by atoms with van der Waals surface area (Å²) >= 11 is 1.44. The van der Waals surface area contributed by atoms with Crippen LogP contribution in [0.4, 0.5) is 0 Å². The molecule has 1 N–H and O–H groups in total. The minimum atomic E-state index is -3.75. The van der Waals surface area contributed by atoms with Gasteiger partial charge in [-0.2, -0.15) is 4.31 Å². The van der Waals surface area contributed by atoms with E-state index in [9.17, 15) is 13.2 Å². The molecule has 3 rings (SSSR count). The van der Waals surface area contributed by atoms with Gasteiger partial charge in [0.15, 0.2) is 0 Å². The van der Waals surface area contributed by atoms with Crippen LogP contribution in [0.3, 0.4) is 0 Å². The van der Waals surface area contributed by atoms with Crippen LogP contribution in [0.2, 0.25) is 0 Å². The molecule has 1 amide bonds. The molecule has 0 fully saturated rings. The highest BCUT2D eigenvalue weighted by molar-refractivity contribution is 7.89. The Morgan fingerprint density at radius 3 is 2.56 bits per heavy atom. The standard InChI is InChI=1S/C19H21N3O3S2/c1-13-4-6-15(7-5-13)11-20-19(23)12-22(3)27(24,25)16-8-9-17-18(10-16)26-14(2)21-17/h4-10H,11-12H2,1-3H3,(H,20,23). The first-order chi connectivity index (χ1) is 12.8. The van der Waals surface area contributed by atoms with Crippen molar-refractivity contribution >= 4 is 37.5 Å². The fraction of sp³-hybridized carbons (Fsp3) is 0.263. The van der Waals surface area contributed by atoms with E-state index in [2.05, 4.69) is 10.3 Å². The lowest BCUT2D eigenvalue weighted by Gasteiger charge is -2.17. The van der Waals surface area contributed by atoms with Crippen LogP contribution in [0.5, 0.6) is 0 Å². The van der Waals surface area contributed by atoms with Crippen molar-refractivity contribution in [1.82, 2.24) is 14.6 Å². The summed E-state index contributed by atoms with van der Waals surface area (Å²) in [5.41, 5.74) is 2.88. The number of nitrogens with zero attached hydrogens (tertiary/aromatic N) is 2. The van der Waals surface area contributed by atoms with Crippen molar-refractivity contribution in [2.75, 3.05) is 13.6 Å². The third kappa shape index (κ3) is 4.52. The summed E-state index contributed by atoms with van der Waals surface area (Å²) in [6.07, 6.45) is 0. The van der Waals surface area contributed by atoms with Gasteiger partial charge in [-0.1, -0.05) is 29.8 Å². The molecule has 2 aromatic carbocycles. The average Bonchev–Trinajstić information content (AvgIpc) is 3.00. The van der Waals surface area contributed by atoms with Crippen LogP contribution in [0.15, 0.2) is 47.4 Å². The van der Waals surface area contributed by atoms with Crippen LogP contribution >= 0.6 is 11.3 Å². The predicted molar refractivity (Wildman–Crippen MR) is 107 cm³/mol. The van der Waals surface area contributed by atoms with Gasteiger partial charge in [0.2, 0.25) is 15.9 Å². The number of thiazole rings is 1. The molecule has 1 aromatic heterocycles. The average molecular weight is 404 g/mol. The summed E-state index contributed by atoms with van der Waals surface area (Å²) < 4.78 is 27.4. The second kappa shape index (κ2) is 7.75. The van der Waals surface area contributed by atoms with Crippen molar-refractivity contribution < 1.29 is 13.2 Å². The number of carbonyl (C=O) groups excluding carboxylic acids is 1. The Hall–Kier alpha value is -2.29. The summed E-state index contributed by atoms with van der Waals surface area (Å²) in [7, 11) is -2.35. The van der Waals surface area contributed by atoms with Crippen molar-refractivity contribution in [2.45, 2.75) is 25.3 Å². The monoisotopic (exact) mass is 403 g/mol. The smallest absolute Gasteiger partial charge is 0.243 e. The Balaban J connectivity index is 1.66. The minimum absolute atomic E-state index is 0.160. The Bertz CT molecular complexity index is 1070. The minimum Gasteiger partial charge on any atom is -0.351 e. The van der Waals surface area contributed by atoms with Crippen LogP contribution in [0, 0.1) is 13.8 Å². The second-order valence-corrected chi connectivity index (χ2v) is 9.67. The zero-order valence-electron chi connectivity index (χ0n) is 15.4. The normalized spacial score (nSPS) is 11.9. The molecule has 0 saturated carbocycles. The first-order valence-electron chi connectivity index (χ1n) is 8.41. The molecule has 3 aromatic rings. The largest absolute Gasteiger partial charge is 0.351 e. The van der Waals surface area contributed by atoms with Crippen LogP contribution in [-0.4, -0.2) is 37.2 Å². The first-order valence-corrected chi connectivity index (χ1v) is 10.7. The van der Waals surface area contributed by atoms with E-state index < -0.39 is 10.0 Å². The molecular formula is C19H21N3O3S2. The second-order valence-electron chi connectivity index (χ2n) is 6.39. The van der Waals surface area contributed by atoms with E-state index in [0.717, 1.165) is 30.7 Å². The van der Waals surface area contributed by atoms with Gasteiger partial charge in [-0.3, -0.25) is 4.79 Å². The maximum absolute atomic E-state index is 12.8. The van der Waals surface area contributed by atoms with E-state index in [4.69, 9.17) is 0 Å². The van der Waals surface area contributed by atoms with Crippen LogP contribution in [0.25, 0.3) is 10.2 Å². The van der Waals surface area contributed by atoms with Gasteiger partial charge in [-0.15, -0.1) is 11.3 Å². The molecule has 0 unspecified atom stereocenters. The van der Waals surface area contributed by atoms with Crippen LogP contribution in [0.1, 0.15) is 16.1 Å². The van der Waals surface area contributed by atoms with Crippen molar-refractivity contribution in [3.05, 3.63) is 58.6 Å². The molecule has 0 radical (unpaired) electrons. The predicted octanol–water partition coefficient (Wildman–Crippen LogP) is 2.85. The van der Waals surface area contributed by atoms with Crippen molar-refractivity contribution in [3.63, 3.8) is 0 Å². The molecule has 0 aliphatic carbocycles. The number of hydrogen-bond acceptors (Lipinski definition) is 5. The van der Waals surface area contributed by atoms with Gasteiger partial charge >= 0.3 is 0 Å². The number of amides is 1. The summed E-state index contributed by atoms with van der Waals surface area (Å²) in [6.45, 7) is 3.99. The maximum Gasteiger partial charge on any atom is 0.243 e. The summed E-state index contributed by atoms with van der Waals surface area (Å²) in [5, 5.41) is 3.63. The van der Waals surface area contributed by atoms with E-state index in [-0.39, 0.29) is 17.3 Å². The summed E-state index contributed by atoms with van der Waals surface area (Å²) in [4.78, 5) is 16.7. The van der Waals surface area contributed by atoms with E-state index in [1.165, 1.54) is 24.5 Å². The highest BCUT2D eigenvalue weighted by Gasteiger charge is 2.23. The number of hydrogen-bond donors (Lipinski definition) is 1. The third-order valence-corrected chi connectivity index (χ3v) is 6.88. The van der Waals surface area contributed by atoms with Crippen molar-refractivity contribution in [2.24, 2.45) is 0 Å². The molecule has 0 aliphatic heterocycles. The van der Waals surface area contributed by atoms with E-state index in [0.29, 0.717) is 6.54 Å². The summed E-state index contributed by atoms with van der Waals surface area (Å²) in [6, 6.07) is 12.6. The highest BCUT2D eigenvalue weighted by atomic mass is 32.2. The number of fused-ring (bicyclic) bond motifs is 1. The van der Waals surface area contributed by atoms with Gasteiger partial charge in [-0.05, 0) is 37.6 Å². The van der Waals surface area contributed by atoms with E-state index in [1.807, 2.05) is 38.1 Å². The van der Waals surface area contributed by atoms with E-state index in [1.54, 1.807) is 12.1 Å². The SMILES string of the molecule is Cc1ccc(CNC(=O)CN(C)S(=O)(=O)c2ccc3nc(C)sc3c2)cc1. The number of nitrogens with one attached hydrogen (secondary N) is 1. The Morgan fingerprint density at radius 2 is 1.85 bits per heavy atom. The fourth-order valence-electron chi connectivity index (χ4n) is 2.61. The molecule has 0 spiro atoms. The third-order valence-electron chi connectivity index (χ3n) is 4.15. The van der Waals surface area contributed by atoms with Gasteiger partial charge < -0.3 is 5.32 Å². The molecule has 0 saturated heterocycles. The first kappa shape index (κ1) is 19.5. The molecule has 6 nitrogen and oxygen atoms in total. The Labute approximate surface area is 162 Å². The van der Waals surface area contributed by atoms with Gasteiger partial charge in [0.1, 0.15) is 0 Å². The highest BCUT2D eigenvalue weighted by Crippen LogP contribution is 2.25. The number of sulfonamides is 1. The number of benzene rings is 2. The quantitative estimate of drug-likeness (QED) is 0.686. The number of aromatic nitrogens is 1. The zero-order chi connectivity index (χ0) is 19.6.